The van der Waals surface area contributed by atoms with Crippen molar-refractivity contribution < 1.29 is 8.83 Å². The minimum atomic E-state index is 0.527. The molecule has 0 saturated heterocycles. The SMILES string of the molecule is CC.c1ccc(-c2cc(-c3ccc4oc5ccccc5c4c3)cc(-c3cccc4c5ccccc5n(-c5nc(-c6ccccc6)nc(-c6ccc7c(c6)oc6ccccc67)n5)c34)c2)cc1. The number of benzene rings is 9. The highest BCUT2D eigenvalue weighted by molar-refractivity contribution is 6.14. The van der Waals surface area contributed by atoms with Gasteiger partial charge in [-0.2, -0.15) is 9.97 Å². The first kappa shape index (κ1) is 38.1. The number of hydrogen-bond donors (Lipinski definition) is 0. The van der Waals surface area contributed by atoms with Gasteiger partial charge in [-0.15, -0.1) is 0 Å². The zero-order chi connectivity index (χ0) is 43.4. The van der Waals surface area contributed by atoms with Gasteiger partial charge in [0, 0.05) is 49.0 Å². The van der Waals surface area contributed by atoms with Crippen molar-refractivity contribution in [3.8, 4) is 62.1 Å². The second-order valence-corrected chi connectivity index (χ2v) is 16.0. The highest BCUT2D eigenvalue weighted by atomic mass is 16.3. The summed E-state index contributed by atoms with van der Waals surface area (Å²) in [4.78, 5) is 15.8. The second kappa shape index (κ2) is 15.6. The molecule has 0 bridgehead atoms. The molecule has 6 nitrogen and oxygen atoms in total. The molecule has 0 aliphatic carbocycles. The van der Waals surface area contributed by atoms with Gasteiger partial charge in [-0.25, -0.2) is 4.98 Å². The van der Waals surface area contributed by atoms with Gasteiger partial charge in [-0.05, 0) is 88.5 Å². The molecule has 0 saturated carbocycles. The molecule has 13 rings (SSSR count). The Kier molecular flexibility index (Phi) is 9.16. The Morgan fingerprint density at radius 2 is 0.862 bits per heavy atom. The average Bonchev–Trinajstić information content (AvgIpc) is 4.06. The Bertz CT molecular complexity index is 3920. The van der Waals surface area contributed by atoms with Crippen LogP contribution in [0.4, 0.5) is 0 Å². The molecule has 4 heterocycles. The zero-order valence-electron chi connectivity index (χ0n) is 35.7. The van der Waals surface area contributed by atoms with Crippen LogP contribution in [-0.4, -0.2) is 19.5 Å². The number of para-hydroxylation sites is 4. The van der Waals surface area contributed by atoms with Crippen LogP contribution in [0.25, 0.3) is 128 Å². The van der Waals surface area contributed by atoms with E-state index >= 15 is 0 Å². The molecule has 308 valence electrons. The zero-order valence-corrected chi connectivity index (χ0v) is 35.7. The van der Waals surface area contributed by atoms with Crippen molar-refractivity contribution in [2.24, 2.45) is 0 Å². The van der Waals surface area contributed by atoms with Crippen LogP contribution in [0.1, 0.15) is 13.8 Å². The molecule has 0 atom stereocenters. The molecule has 9 aromatic carbocycles. The lowest BCUT2D eigenvalue weighted by atomic mass is 9.92. The summed E-state index contributed by atoms with van der Waals surface area (Å²) in [5, 5.41) is 6.54. The number of aromatic nitrogens is 4. The van der Waals surface area contributed by atoms with Gasteiger partial charge in [0.15, 0.2) is 11.6 Å². The van der Waals surface area contributed by atoms with Gasteiger partial charge < -0.3 is 8.83 Å². The Morgan fingerprint density at radius 3 is 1.62 bits per heavy atom. The standard InChI is InChI=1S/C57H34N4O2.C2H6/c1-3-14-35(15-4-1)39-30-40(37-27-29-52-48(33-37)45-20-9-12-25-51(45)62-52)32-41(31-39)42-21-13-22-47-43-18-7-10-23-49(43)61(54(42)47)57-59-55(36-16-5-2-6-17-36)58-56(60-57)38-26-28-46-44-19-8-11-24-50(44)63-53(46)34-38;1-2/h1-34H;1-2H3. The third-order valence-electron chi connectivity index (χ3n) is 12.2. The normalized spacial score (nSPS) is 11.5. The van der Waals surface area contributed by atoms with E-state index in [-0.39, 0.29) is 0 Å². The first-order valence-corrected chi connectivity index (χ1v) is 22.1. The summed E-state index contributed by atoms with van der Waals surface area (Å²) in [6.07, 6.45) is 0. The lowest BCUT2D eigenvalue weighted by molar-refractivity contribution is 0.668. The fourth-order valence-corrected chi connectivity index (χ4v) is 9.29. The van der Waals surface area contributed by atoms with E-state index in [1.165, 1.54) is 0 Å². The topological polar surface area (TPSA) is 69.9 Å². The quantitative estimate of drug-likeness (QED) is 0.167. The third kappa shape index (κ3) is 6.46. The number of nitrogens with zero attached hydrogens (tertiary/aromatic N) is 4. The smallest absolute Gasteiger partial charge is 0.238 e. The monoisotopic (exact) mass is 836 g/mol. The van der Waals surface area contributed by atoms with E-state index in [4.69, 9.17) is 23.8 Å². The largest absolute Gasteiger partial charge is 0.456 e. The van der Waals surface area contributed by atoms with Gasteiger partial charge in [-0.3, -0.25) is 4.57 Å². The maximum absolute atomic E-state index is 6.35. The fraction of sp³-hybridized carbons (Fsp3) is 0.0339. The van der Waals surface area contributed by atoms with E-state index in [9.17, 15) is 0 Å². The number of fused-ring (bicyclic) bond motifs is 9. The second-order valence-electron chi connectivity index (χ2n) is 16.0. The van der Waals surface area contributed by atoms with Gasteiger partial charge in [-0.1, -0.05) is 159 Å². The molecule has 4 aromatic heterocycles. The minimum Gasteiger partial charge on any atom is -0.456 e. The summed E-state index contributed by atoms with van der Waals surface area (Å²) in [6, 6.07) is 71.8. The van der Waals surface area contributed by atoms with Gasteiger partial charge in [0.1, 0.15) is 22.3 Å². The van der Waals surface area contributed by atoms with Crippen molar-refractivity contribution in [1.29, 1.82) is 0 Å². The predicted octanol–water partition coefficient (Wildman–Crippen LogP) is 16.1. The van der Waals surface area contributed by atoms with Crippen LogP contribution < -0.4 is 0 Å². The summed E-state index contributed by atoms with van der Waals surface area (Å²) in [5.74, 6) is 1.67. The van der Waals surface area contributed by atoms with Crippen molar-refractivity contribution >= 4 is 65.7 Å². The molecule has 0 amide bonds. The Balaban J connectivity index is 0.00000219. The molecular formula is C59H40N4O2. The van der Waals surface area contributed by atoms with Crippen LogP contribution in [0, 0.1) is 0 Å². The highest BCUT2D eigenvalue weighted by Crippen LogP contribution is 2.42. The lowest BCUT2D eigenvalue weighted by Crippen LogP contribution is -2.07. The molecule has 0 unspecified atom stereocenters. The fourth-order valence-electron chi connectivity index (χ4n) is 9.29. The highest BCUT2D eigenvalue weighted by Gasteiger charge is 2.22. The Labute approximate surface area is 374 Å². The molecular weight excluding hydrogens is 797 g/mol. The summed E-state index contributed by atoms with van der Waals surface area (Å²) >= 11 is 0. The van der Waals surface area contributed by atoms with E-state index in [2.05, 4.69) is 144 Å². The Morgan fingerprint density at radius 1 is 0.323 bits per heavy atom. The van der Waals surface area contributed by atoms with E-state index in [0.717, 1.165) is 110 Å². The van der Waals surface area contributed by atoms with Crippen molar-refractivity contribution in [3.05, 3.63) is 206 Å². The van der Waals surface area contributed by atoms with Gasteiger partial charge in [0.25, 0.3) is 0 Å². The maximum Gasteiger partial charge on any atom is 0.238 e. The first-order chi connectivity index (χ1) is 32.2. The summed E-state index contributed by atoms with van der Waals surface area (Å²) in [7, 11) is 0. The van der Waals surface area contributed by atoms with E-state index in [1.807, 2.05) is 80.6 Å². The first-order valence-electron chi connectivity index (χ1n) is 22.1. The lowest BCUT2D eigenvalue weighted by Gasteiger charge is -2.15. The number of furan rings is 2. The van der Waals surface area contributed by atoms with Gasteiger partial charge >= 0.3 is 0 Å². The van der Waals surface area contributed by atoms with Crippen molar-refractivity contribution in [1.82, 2.24) is 19.5 Å². The van der Waals surface area contributed by atoms with E-state index < -0.39 is 0 Å². The predicted molar refractivity (Wildman–Crippen MR) is 267 cm³/mol. The molecule has 0 N–H and O–H groups in total. The van der Waals surface area contributed by atoms with Crippen LogP contribution in [0.3, 0.4) is 0 Å². The molecule has 6 heteroatoms. The van der Waals surface area contributed by atoms with E-state index in [0.29, 0.717) is 17.6 Å². The summed E-state index contributed by atoms with van der Waals surface area (Å²) in [6.45, 7) is 4.00. The van der Waals surface area contributed by atoms with Crippen molar-refractivity contribution in [2.75, 3.05) is 0 Å². The Hall–Kier alpha value is -8.61. The van der Waals surface area contributed by atoms with Crippen LogP contribution in [0.5, 0.6) is 0 Å². The van der Waals surface area contributed by atoms with Gasteiger partial charge in [0.05, 0.1) is 11.0 Å². The van der Waals surface area contributed by atoms with Crippen LogP contribution >= 0.6 is 0 Å². The van der Waals surface area contributed by atoms with Gasteiger partial charge in [0.2, 0.25) is 5.95 Å². The summed E-state index contributed by atoms with van der Waals surface area (Å²) < 4.78 is 14.8. The maximum atomic E-state index is 6.35. The molecule has 0 fully saturated rings. The molecule has 0 radical (unpaired) electrons. The van der Waals surface area contributed by atoms with Crippen LogP contribution in [0.15, 0.2) is 215 Å². The number of rotatable bonds is 6. The minimum absolute atomic E-state index is 0.527. The number of hydrogen-bond acceptors (Lipinski definition) is 5. The molecule has 65 heavy (non-hydrogen) atoms. The molecule has 0 spiro atoms. The van der Waals surface area contributed by atoms with Crippen molar-refractivity contribution in [2.45, 2.75) is 13.8 Å². The average molecular weight is 837 g/mol. The molecule has 13 aromatic rings. The van der Waals surface area contributed by atoms with E-state index in [1.54, 1.807) is 0 Å². The van der Waals surface area contributed by atoms with Crippen LogP contribution in [-0.2, 0) is 0 Å². The molecule has 0 aliphatic rings. The van der Waals surface area contributed by atoms with Crippen LogP contribution in [0.2, 0.25) is 0 Å². The van der Waals surface area contributed by atoms with Crippen molar-refractivity contribution in [3.63, 3.8) is 0 Å². The third-order valence-corrected chi connectivity index (χ3v) is 12.2. The molecule has 0 aliphatic heterocycles. The summed E-state index contributed by atoms with van der Waals surface area (Å²) in [5.41, 5.74) is 13.7.